The van der Waals surface area contributed by atoms with Gasteiger partial charge in [-0.15, -0.1) is 23.1 Å². The molecule has 3 heteroatoms. The van der Waals surface area contributed by atoms with Gasteiger partial charge in [0.15, 0.2) is 0 Å². The molecule has 0 amide bonds. The van der Waals surface area contributed by atoms with Crippen molar-refractivity contribution in [1.29, 1.82) is 0 Å². The number of thiophene rings is 1. The zero-order valence-corrected chi connectivity index (χ0v) is 13.1. The minimum atomic E-state index is 0.529. The van der Waals surface area contributed by atoms with Crippen LogP contribution in [0.15, 0.2) is 39.9 Å². The number of rotatable bonds is 2. The van der Waals surface area contributed by atoms with E-state index < -0.39 is 0 Å². The molecule has 0 spiro atoms. The Morgan fingerprint density at radius 2 is 2.05 bits per heavy atom. The van der Waals surface area contributed by atoms with Gasteiger partial charge in [0.05, 0.1) is 4.21 Å². The molecule has 0 N–H and O–H groups in total. The lowest BCUT2D eigenvalue weighted by atomic mass is 9.91. The number of benzene rings is 1. The third kappa shape index (κ3) is 2.60. The van der Waals surface area contributed by atoms with Crippen LogP contribution in [-0.4, -0.2) is 31.3 Å². The first-order valence-corrected chi connectivity index (χ1v) is 8.77. The lowest BCUT2D eigenvalue weighted by Gasteiger charge is -2.21. The summed E-state index contributed by atoms with van der Waals surface area (Å²) in [7, 11) is 2.24. The van der Waals surface area contributed by atoms with E-state index >= 15 is 0 Å². The average Bonchev–Trinajstić information content (AvgIpc) is 2.78. The summed E-state index contributed by atoms with van der Waals surface area (Å²) in [5, 5.41) is 2.39. The van der Waals surface area contributed by atoms with E-state index in [4.69, 9.17) is 0 Å². The van der Waals surface area contributed by atoms with Gasteiger partial charge in [-0.3, -0.25) is 0 Å². The highest BCUT2D eigenvalue weighted by molar-refractivity contribution is 8.00. The van der Waals surface area contributed by atoms with Gasteiger partial charge in [0, 0.05) is 19.0 Å². The molecular formula is C16H19NS2. The Bertz CT molecular complexity index is 547. The van der Waals surface area contributed by atoms with Crippen LogP contribution in [0, 0.1) is 0 Å². The van der Waals surface area contributed by atoms with E-state index in [0.29, 0.717) is 5.92 Å². The van der Waals surface area contributed by atoms with Gasteiger partial charge in [0.2, 0.25) is 0 Å². The summed E-state index contributed by atoms with van der Waals surface area (Å²) in [5.41, 5.74) is 4.60. The molecular weight excluding hydrogens is 270 g/mol. The van der Waals surface area contributed by atoms with Crippen LogP contribution >= 0.6 is 23.1 Å². The van der Waals surface area contributed by atoms with E-state index in [2.05, 4.69) is 53.9 Å². The zero-order valence-electron chi connectivity index (χ0n) is 11.4. The van der Waals surface area contributed by atoms with Crippen LogP contribution < -0.4 is 0 Å². The second kappa shape index (κ2) is 5.70. The second-order valence-corrected chi connectivity index (χ2v) is 7.09. The van der Waals surface area contributed by atoms with Crippen molar-refractivity contribution >= 4 is 23.1 Å². The van der Waals surface area contributed by atoms with Crippen molar-refractivity contribution in [3.63, 3.8) is 0 Å². The van der Waals surface area contributed by atoms with Gasteiger partial charge >= 0.3 is 0 Å². The standard InChI is InChI=1S/C16H19NS2/c1-17-9-8-13-15(11-19-16(13)18-2)14(10-17)12-6-4-3-5-7-12/h3-7,11,14H,8-10H2,1-2H3. The summed E-state index contributed by atoms with van der Waals surface area (Å²) < 4.78 is 1.51. The van der Waals surface area contributed by atoms with Gasteiger partial charge < -0.3 is 4.90 Å². The van der Waals surface area contributed by atoms with Gasteiger partial charge in [-0.1, -0.05) is 30.3 Å². The Hall–Kier alpha value is -0.770. The summed E-state index contributed by atoms with van der Waals surface area (Å²) in [6.45, 7) is 2.29. The molecule has 1 aliphatic rings. The minimum Gasteiger partial charge on any atom is -0.305 e. The highest BCUT2D eigenvalue weighted by atomic mass is 32.2. The molecule has 0 saturated carbocycles. The molecule has 2 aromatic rings. The predicted octanol–water partition coefficient (Wildman–Crippen LogP) is 4.09. The maximum Gasteiger partial charge on any atom is 0.0631 e. The second-order valence-electron chi connectivity index (χ2n) is 5.14. The topological polar surface area (TPSA) is 3.24 Å². The Kier molecular flexibility index (Phi) is 3.96. The molecule has 0 radical (unpaired) electrons. The van der Waals surface area contributed by atoms with Crippen LogP contribution in [0.1, 0.15) is 22.6 Å². The molecule has 1 unspecified atom stereocenters. The van der Waals surface area contributed by atoms with E-state index in [9.17, 15) is 0 Å². The molecule has 1 nitrogen and oxygen atoms in total. The number of thioether (sulfide) groups is 1. The SMILES string of the molecule is CSc1scc2c1CCN(C)CC2c1ccccc1. The fourth-order valence-corrected chi connectivity index (χ4v) is 4.76. The number of likely N-dealkylation sites (N-methyl/N-ethyl adjacent to an activating group) is 1. The summed E-state index contributed by atoms with van der Waals surface area (Å²) >= 11 is 3.82. The Labute approximate surface area is 123 Å². The Balaban J connectivity index is 2.06. The maximum absolute atomic E-state index is 2.46. The lowest BCUT2D eigenvalue weighted by Crippen LogP contribution is -2.24. The summed E-state index contributed by atoms with van der Waals surface area (Å²) in [6.07, 6.45) is 3.38. The van der Waals surface area contributed by atoms with Crippen molar-refractivity contribution in [3.05, 3.63) is 52.4 Å². The molecule has 0 fully saturated rings. The fourth-order valence-electron chi connectivity index (χ4n) is 2.86. The van der Waals surface area contributed by atoms with Gasteiger partial charge in [0.25, 0.3) is 0 Å². The molecule has 3 rings (SSSR count). The first-order chi connectivity index (χ1) is 9.29. The van der Waals surface area contributed by atoms with Crippen molar-refractivity contribution in [3.8, 4) is 0 Å². The van der Waals surface area contributed by atoms with Gasteiger partial charge in [0.1, 0.15) is 0 Å². The molecule has 0 bridgehead atoms. The van der Waals surface area contributed by atoms with Crippen LogP contribution in [0.5, 0.6) is 0 Å². The fraction of sp³-hybridized carbons (Fsp3) is 0.375. The van der Waals surface area contributed by atoms with Crippen molar-refractivity contribution in [1.82, 2.24) is 4.90 Å². The average molecular weight is 289 g/mol. The predicted molar refractivity (Wildman–Crippen MR) is 85.6 cm³/mol. The van der Waals surface area contributed by atoms with Crippen LogP contribution in [0.4, 0.5) is 0 Å². The van der Waals surface area contributed by atoms with Crippen molar-refractivity contribution < 1.29 is 0 Å². The van der Waals surface area contributed by atoms with E-state index in [1.54, 1.807) is 11.1 Å². The van der Waals surface area contributed by atoms with Crippen LogP contribution in [0.3, 0.4) is 0 Å². The normalized spacial score (nSPS) is 20.0. The van der Waals surface area contributed by atoms with Crippen molar-refractivity contribution in [2.45, 2.75) is 16.5 Å². The van der Waals surface area contributed by atoms with Crippen molar-refractivity contribution in [2.24, 2.45) is 0 Å². The number of nitrogens with zero attached hydrogens (tertiary/aromatic N) is 1. The lowest BCUT2D eigenvalue weighted by molar-refractivity contribution is 0.338. The van der Waals surface area contributed by atoms with Gasteiger partial charge in [-0.2, -0.15) is 0 Å². The monoisotopic (exact) mass is 289 g/mol. The zero-order chi connectivity index (χ0) is 13.2. The van der Waals surface area contributed by atoms with Crippen molar-refractivity contribution in [2.75, 3.05) is 26.4 Å². The summed E-state index contributed by atoms with van der Waals surface area (Å²) in [5.74, 6) is 0.529. The third-order valence-electron chi connectivity index (χ3n) is 3.89. The molecule has 1 atom stereocenters. The molecule has 100 valence electrons. The smallest absolute Gasteiger partial charge is 0.0631 e. The molecule has 1 aliphatic heterocycles. The summed E-state index contributed by atoms with van der Waals surface area (Å²) in [6, 6.07) is 10.9. The third-order valence-corrected chi connectivity index (χ3v) is 6.13. The largest absolute Gasteiger partial charge is 0.305 e. The number of fused-ring (bicyclic) bond motifs is 1. The number of hydrogen-bond donors (Lipinski definition) is 0. The van der Waals surface area contributed by atoms with Crippen LogP contribution in [0.25, 0.3) is 0 Å². The van der Waals surface area contributed by atoms with Gasteiger partial charge in [-0.05, 0) is 41.8 Å². The molecule has 0 saturated heterocycles. The highest BCUT2D eigenvalue weighted by Crippen LogP contribution is 2.39. The molecule has 2 heterocycles. The first-order valence-electron chi connectivity index (χ1n) is 6.67. The summed E-state index contributed by atoms with van der Waals surface area (Å²) in [4.78, 5) is 2.46. The quantitative estimate of drug-likeness (QED) is 0.766. The minimum absolute atomic E-state index is 0.529. The molecule has 19 heavy (non-hydrogen) atoms. The Morgan fingerprint density at radius 1 is 1.26 bits per heavy atom. The molecule has 0 aliphatic carbocycles. The highest BCUT2D eigenvalue weighted by Gasteiger charge is 2.25. The van der Waals surface area contributed by atoms with Gasteiger partial charge in [-0.25, -0.2) is 0 Å². The van der Waals surface area contributed by atoms with Crippen LogP contribution in [0.2, 0.25) is 0 Å². The van der Waals surface area contributed by atoms with Crippen LogP contribution in [-0.2, 0) is 6.42 Å². The Morgan fingerprint density at radius 3 is 2.79 bits per heavy atom. The first kappa shape index (κ1) is 13.2. The maximum atomic E-state index is 2.46. The molecule has 1 aromatic carbocycles. The van der Waals surface area contributed by atoms with E-state index in [1.807, 2.05) is 23.1 Å². The van der Waals surface area contributed by atoms with E-state index in [1.165, 1.54) is 22.7 Å². The van der Waals surface area contributed by atoms with E-state index in [0.717, 1.165) is 6.54 Å². The number of hydrogen-bond acceptors (Lipinski definition) is 3. The van der Waals surface area contributed by atoms with E-state index in [-0.39, 0.29) is 0 Å². The molecule has 1 aromatic heterocycles.